The van der Waals surface area contributed by atoms with Gasteiger partial charge in [0.2, 0.25) is 0 Å². The van der Waals surface area contributed by atoms with Gasteiger partial charge in [0, 0.05) is 65.4 Å². The summed E-state index contributed by atoms with van der Waals surface area (Å²) in [4.78, 5) is 10.6. The number of likely N-dealkylation sites (N-methyl/N-ethyl adjacent to an activating group) is 1. The largest absolute Gasteiger partial charge is 0.401 e. The number of piperazine rings is 1. The molecule has 10 heteroatoms. The first-order valence-corrected chi connectivity index (χ1v) is 10.00. The molecule has 2 aliphatic heterocycles. The number of alkyl halides is 3. The first-order valence-electron chi connectivity index (χ1n) is 10.00. The lowest BCUT2D eigenvalue weighted by atomic mass is 10.1. The molecule has 28 heavy (non-hydrogen) atoms. The number of nitrogens with one attached hydrogen (secondary N) is 2. The number of halogens is 4. The summed E-state index contributed by atoms with van der Waals surface area (Å²) in [6.45, 7) is 11.9. The molecule has 2 aliphatic rings. The lowest BCUT2D eigenvalue weighted by molar-refractivity contribution is -0.143. The maximum atomic E-state index is 12.5. The third-order valence-electron chi connectivity index (χ3n) is 5.34. The summed E-state index contributed by atoms with van der Waals surface area (Å²) in [6, 6.07) is 0.0102. The molecule has 0 aromatic carbocycles. The highest BCUT2D eigenvalue weighted by molar-refractivity contribution is 14.0. The maximum Gasteiger partial charge on any atom is 0.401 e. The third kappa shape index (κ3) is 9.45. The van der Waals surface area contributed by atoms with Crippen molar-refractivity contribution >= 4 is 29.9 Å². The van der Waals surface area contributed by atoms with E-state index in [2.05, 4.69) is 39.3 Å². The Bertz CT molecular complexity index is 469. The van der Waals surface area contributed by atoms with Crippen molar-refractivity contribution in [3.63, 3.8) is 0 Å². The summed E-state index contributed by atoms with van der Waals surface area (Å²) in [5, 5.41) is 6.59. The smallest absolute Gasteiger partial charge is 0.356 e. The van der Waals surface area contributed by atoms with Crippen molar-refractivity contribution in [2.45, 2.75) is 32.5 Å². The van der Waals surface area contributed by atoms with Crippen molar-refractivity contribution in [2.75, 3.05) is 72.5 Å². The maximum absolute atomic E-state index is 12.5. The van der Waals surface area contributed by atoms with Gasteiger partial charge >= 0.3 is 6.18 Å². The minimum Gasteiger partial charge on any atom is -0.356 e. The molecule has 0 aliphatic carbocycles. The number of guanidine groups is 1. The Balaban J connectivity index is 0.00000392. The first-order chi connectivity index (χ1) is 12.8. The second kappa shape index (κ2) is 12.4. The normalized spacial score (nSPS) is 24.1. The zero-order valence-electron chi connectivity index (χ0n) is 17.3. The van der Waals surface area contributed by atoms with Crippen molar-refractivity contribution in [2.24, 2.45) is 10.9 Å². The number of likely N-dealkylation sites (tertiary alicyclic amines) is 1. The Labute approximate surface area is 184 Å². The molecule has 0 amide bonds. The number of aliphatic imine (C=N–C) groups is 1. The predicted octanol–water partition coefficient (Wildman–Crippen LogP) is 1.68. The highest BCUT2D eigenvalue weighted by atomic mass is 127. The zero-order chi connectivity index (χ0) is 19.9. The Morgan fingerprint density at radius 3 is 2.32 bits per heavy atom. The van der Waals surface area contributed by atoms with Gasteiger partial charge in [-0.15, -0.1) is 24.0 Å². The van der Waals surface area contributed by atoms with Crippen molar-refractivity contribution in [3.05, 3.63) is 0 Å². The van der Waals surface area contributed by atoms with Gasteiger partial charge in [-0.1, -0.05) is 13.8 Å². The van der Waals surface area contributed by atoms with Crippen molar-refractivity contribution < 1.29 is 13.2 Å². The third-order valence-corrected chi connectivity index (χ3v) is 5.34. The molecule has 2 heterocycles. The second-order valence-electron chi connectivity index (χ2n) is 7.77. The average molecular weight is 520 g/mol. The summed E-state index contributed by atoms with van der Waals surface area (Å²) in [7, 11) is 1.70. The van der Waals surface area contributed by atoms with Gasteiger partial charge < -0.3 is 20.4 Å². The molecule has 2 rings (SSSR count). The molecule has 0 aromatic rings. The molecule has 0 spiro atoms. The van der Waals surface area contributed by atoms with Gasteiger partial charge in [0.05, 0.1) is 6.54 Å². The van der Waals surface area contributed by atoms with Gasteiger partial charge in [0.1, 0.15) is 0 Å². The monoisotopic (exact) mass is 520 g/mol. The van der Waals surface area contributed by atoms with E-state index in [1.807, 2.05) is 0 Å². The number of hydrogen-bond donors (Lipinski definition) is 2. The Kier molecular flexibility index (Phi) is 11.4. The van der Waals surface area contributed by atoms with E-state index in [9.17, 15) is 13.2 Å². The fourth-order valence-corrected chi connectivity index (χ4v) is 3.80. The van der Waals surface area contributed by atoms with E-state index < -0.39 is 12.7 Å². The molecule has 2 N–H and O–H groups in total. The molecule has 2 fully saturated rings. The van der Waals surface area contributed by atoms with Gasteiger partial charge in [-0.25, -0.2) is 0 Å². The van der Waals surface area contributed by atoms with E-state index in [1.165, 1.54) is 4.90 Å². The zero-order valence-corrected chi connectivity index (χ0v) is 19.6. The van der Waals surface area contributed by atoms with E-state index in [1.54, 1.807) is 7.05 Å². The van der Waals surface area contributed by atoms with Crippen LogP contribution in [-0.2, 0) is 0 Å². The first kappa shape index (κ1) is 25.7. The molecule has 0 radical (unpaired) electrons. The predicted molar refractivity (Wildman–Crippen MR) is 119 cm³/mol. The summed E-state index contributed by atoms with van der Waals surface area (Å²) >= 11 is 0. The Hall–Kier alpha value is -0.330. The van der Waals surface area contributed by atoms with E-state index in [0.29, 0.717) is 31.4 Å². The van der Waals surface area contributed by atoms with Crippen LogP contribution in [0, 0.1) is 5.92 Å². The van der Waals surface area contributed by atoms with Crippen LogP contribution in [0.25, 0.3) is 0 Å². The number of hydrogen-bond acceptors (Lipinski definition) is 4. The minimum atomic E-state index is -4.13. The molecule has 0 saturated carbocycles. The molecular formula is C18H36F3IN6. The van der Waals surface area contributed by atoms with E-state index >= 15 is 0 Å². The summed E-state index contributed by atoms with van der Waals surface area (Å²) in [6.07, 6.45) is -3.43. The quantitative estimate of drug-likeness (QED) is 0.304. The van der Waals surface area contributed by atoms with Gasteiger partial charge in [-0.05, 0) is 18.9 Å². The van der Waals surface area contributed by atoms with Crippen molar-refractivity contribution in [1.29, 1.82) is 0 Å². The van der Waals surface area contributed by atoms with Gasteiger partial charge in [-0.3, -0.25) is 9.89 Å². The lowest BCUT2D eigenvalue weighted by Crippen LogP contribution is -2.49. The van der Waals surface area contributed by atoms with Crippen LogP contribution in [0.15, 0.2) is 4.99 Å². The summed E-state index contributed by atoms with van der Waals surface area (Å²) < 4.78 is 37.5. The van der Waals surface area contributed by atoms with Crippen LogP contribution in [0.5, 0.6) is 0 Å². The molecule has 0 bridgehead atoms. The molecule has 166 valence electrons. The molecule has 6 nitrogen and oxygen atoms in total. The van der Waals surface area contributed by atoms with Gasteiger partial charge in [-0.2, -0.15) is 13.2 Å². The van der Waals surface area contributed by atoms with Crippen LogP contribution in [0.2, 0.25) is 0 Å². The molecular weight excluding hydrogens is 484 g/mol. The minimum absolute atomic E-state index is 0. The van der Waals surface area contributed by atoms with E-state index in [0.717, 1.165) is 45.8 Å². The van der Waals surface area contributed by atoms with Crippen LogP contribution in [0.1, 0.15) is 20.3 Å². The Morgan fingerprint density at radius 1 is 1.11 bits per heavy atom. The molecule has 0 aromatic heterocycles. The SMILES string of the molecule is CCN1CCN(CC(C)CNC(=NC)NC2CCN(CC(F)(F)F)C2)CC1.I. The van der Waals surface area contributed by atoms with Gasteiger partial charge in [0.25, 0.3) is 0 Å². The van der Waals surface area contributed by atoms with Crippen LogP contribution in [0.4, 0.5) is 13.2 Å². The fraction of sp³-hybridized carbons (Fsp3) is 0.944. The number of rotatable bonds is 7. The van der Waals surface area contributed by atoms with Crippen LogP contribution in [0.3, 0.4) is 0 Å². The van der Waals surface area contributed by atoms with E-state index in [-0.39, 0.29) is 30.0 Å². The fourth-order valence-electron chi connectivity index (χ4n) is 3.80. The summed E-state index contributed by atoms with van der Waals surface area (Å²) in [5.74, 6) is 1.15. The van der Waals surface area contributed by atoms with Crippen molar-refractivity contribution in [3.8, 4) is 0 Å². The molecule has 2 unspecified atom stereocenters. The second-order valence-corrected chi connectivity index (χ2v) is 7.77. The number of nitrogens with zero attached hydrogens (tertiary/aromatic N) is 4. The summed E-state index contributed by atoms with van der Waals surface area (Å²) in [5.41, 5.74) is 0. The highest BCUT2D eigenvalue weighted by Crippen LogP contribution is 2.19. The Morgan fingerprint density at radius 2 is 1.75 bits per heavy atom. The van der Waals surface area contributed by atoms with Gasteiger partial charge in [0.15, 0.2) is 5.96 Å². The van der Waals surface area contributed by atoms with Crippen molar-refractivity contribution in [1.82, 2.24) is 25.3 Å². The topological polar surface area (TPSA) is 46.1 Å². The highest BCUT2D eigenvalue weighted by Gasteiger charge is 2.34. The standard InChI is InChI=1S/C18H35F3N6.HI/c1-4-25-7-9-26(10-8-25)12-15(2)11-23-17(22-3)24-16-5-6-27(13-16)14-18(19,20)21;/h15-16H,4-14H2,1-3H3,(H2,22,23,24);1H. The van der Waals surface area contributed by atoms with Crippen LogP contribution >= 0.6 is 24.0 Å². The van der Waals surface area contributed by atoms with Crippen LogP contribution in [-0.4, -0.2) is 105 Å². The van der Waals surface area contributed by atoms with Crippen LogP contribution < -0.4 is 10.6 Å². The molecule has 2 atom stereocenters. The molecule has 2 saturated heterocycles. The lowest BCUT2D eigenvalue weighted by Gasteiger charge is -2.35. The average Bonchev–Trinajstić information content (AvgIpc) is 3.04. The van der Waals surface area contributed by atoms with E-state index in [4.69, 9.17) is 0 Å².